The monoisotopic (exact) mass is 288 g/mol. The SMILES string of the molecule is COCCOCCCN1CCCC(CNCC(=O)O)C1. The number of piperidine rings is 1. The maximum Gasteiger partial charge on any atom is 0.317 e. The standard InChI is InChI=1S/C14H28N2O4/c1-19-8-9-20-7-3-6-16-5-2-4-13(12-16)10-15-11-14(17)18/h13,15H,2-12H2,1H3,(H,17,18). The van der Waals surface area contributed by atoms with E-state index in [-0.39, 0.29) is 6.54 Å². The van der Waals surface area contributed by atoms with Crippen LogP contribution in [0.2, 0.25) is 0 Å². The maximum absolute atomic E-state index is 10.5. The van der Waals surface area contributed by atoms with E-state index < -0.39 is 5.97 Å². The predicted molar refractivity (Wildman–Crippen MR) is 77.0 cm³/mol. The van der Waals surface area contributed by atoms with Gasteiger partial charge in [0, 0.05) is 26.8 Å². The lowest BCUT2D eigenvalue weighted by molar-refractivity contribution is -0.136. The Hall–Kier alpha value is -0.690. The van der Waals surface area contributed by atoms with Gasteiger partial charge in [0.15, 0.2) is 0 Å². The highest BCUT2D eigenvalue weighted by molar-refractivity contribution is 5.68. The highest BCUT2D eigenvalue weighted by Crippen LogP contribution is 2.15. The number of aliphatic carboxylic acids is 1. The molecule has 6 nitrogen and oxygen atoms in total. The van der Waals surface area contributed by atoms with Gasteiger partial charge in [0.05, 0.1) is 19.8 Å². The quantitative estimate of drug-likeness (QED) is 0.537. The number of carboxylic acids is 1. The molecule has 0 saturated carbocycles. The molecule has 0 aromatic heterocycles. The van der Waals surface area contributed by atoms with Crippen molar-refractivity contribution in [2.45, 2.75) is 19.3 Å². The second kappa shape index (κ2) is 11.0. The summed E-state index contributed by atoms with van der Waals surface area (Å²) in [6.07, 6.45) is 3.43. The third kappa shape index (κ3) is 8.47. The van der Waals surface area contributed by atoms with Gasteiger partial charge in [-0.3, -0.25) is 4.79 Å². The Kier molecular flexibility index (Phi) is 9.57. The molecule has 1 rings (SSSR count). The molecule has 0 aromatic rings. The zero-order valence-corrected chi connectivity index (χ0v) is 12.5. The van der Waals surface area contributed by atoms with Gasteiger partial charge in [-0.25, -0.2) is 0 Å². The highest BCUT2D eigenvalue weighted by Gasteiger charge is 2.19. The molecule has 118 valence electrons. The molecule has 20 heavy (non-hydrogen) atoms. The Morgan fingerprint density at radius 2 is 2.25 bits per heavy atom. The fraction of sp³-hybridized carbons (Fsp3) is 0.929. The number of nitrogens with zero attached hydrogens (tertiary/aromatic N) is 1. The number of carboxylic acid groups (broad SMARTS) is 1. The number of carbonyl (C=O) groups is 1. The Morgan fingerprint density at radius 3 is 3.00 bits per heavy atom. The molecule has 0 bridgehead atoms. The zero-order valence-electron chi connectivity index (χ0n) is 12.5. The van der Waals surface area contributed by atoms with E-state index >= 15 is 0 Å². The minimum Gasteiger partial charge on any atom is -0.480 e. The van der Waals surface area contributed by atoms with Crippen molar-refractivity contribution in [2.24, 2.45) is 5.92 Å². The second-order valence-corrected chi connectivity index (χ2v) is 5.29. The number of hydrogen-bond acceptors (Lipinski definition) is 5. The third-order valence-corrected chi connectivity index (χ3v) is 3.51. The van der Waals surface area contributed by atoms with E-state index in [1.165, 1.54) is 12.8 Å². The molecule has 0 amide bonds. The minimum atomic E-state index is -0.786. The number of ether oxygens (including phenoxy) is 2. The van der Waals surface area contributed by atoms with Gasteiger partial charge in [-0.05, 0) is 38.3 Å². The molecule has 0 radical (unpaired) electrons. The first-order valence-corrected chi connectivity index (χ1v) is 7.44. The molecule has 1 aliphatic heterocycles. The van der Waals surface area contributed by atoms with Gasteiger partial charge in [-0.15, -0.1) is 0 Å². The lowest BCUT2D eigenvalue weighted by Crippen LogP contribution is -2.41. The molecule has 1 saturated heterocycles. The van der Waals surface area contributed by atoms with Crippen LogP contribution in [0.25, 0.3) is 0 Å². The second-order valence-electron chi connectivity index (χ2n) is 5.29. The van der Waals surface area contributed by atoms with Crippen LogP contribution in [0.5, 0.6) is 0 Å². The first kappa shape index (κ1) is 17.4. The summed E-state index contributed by atoms with van der Waals surface area (Å²) in [5.41, 5.74) is 0. The van der Waals surface area contributed by atoms with Crippen LogP contribution < -0.4 is 5.32 Å². The largest absolute Gasteiger partial charge is 0.480 e. The van der Waals surface area contributed by atoms with Crippen LogP contribution in [0.1, 0.15) is 19.3 Å². The average Bonchev–Trinajstić information content (AvgIpc) is 2.43. The van der Waals surface area contributed by atoms with Crippen molar-refractivity contribution in [1.29, 1.82) is 0 Å². The number of nitrogens with one attached hydrogen (secondary N) is 1. The van der Waals surface area contributed by atoms with Crippen LogP contribution in [-0.2, 0) is 14.3 Å². The lowest BCUT2D eigenvalue weighted by Gasteiger charge is -2.32. The molecule has 1 heterocycles. The summed E-state index contributed by atoms with van der Waals surface area (Å²) in [7, 11) is 1.68. The van der Waals surface area contributed by atoms with E-state index in [0.29, 0.717) is 19.1 Å². The lowest BCUT2D eigenvalue weighted by atomic mass is 9.98. The van der Waals surface area contributed by atoms with Crippen molar-refractivity contribution in [1.82, 2.24) is 10.2 Å². The van der Waals surface area contributed by atoms with Gasteiger partial charge in [-0.1, -0.05) is 0 Å². The Bertz CT molecular complexity index is 264. The number of likely N-dealkylation sites (tertiary alicyclic amines) is 1. The van der Waals surface area contributed by atoms with Crippen molar-refractivity contribution >= 4 is 5.97 Å². The molecule has 1 atom stereocenters. The molecule has 1 fully saturated rings. The van der Waals surface area contributed by atoms with Crippen LogP contribution in [0, 0.1) is 5.92 Å². The highest BCUT2D eigenvalue weighted by atomic mass is 16.5. The molecule has 1 aliphatic rings. The van der Waals surface area contributed by atoms with Crippen LogP contribution in [0.3, 0.4) is 0 Å². The van der Waals surface area contributed by atoms with Gasteiger partial charge in [0.2, 0.25) is 0 Å². The number of methoxy groups -OCH3 is 1. The summed E-state index contributed by atoms with van der Waals surface area (Å²) in [6.45, 7) is 6.22. The molecule has 0 spiro atoms. The fourth-order valence-electron chi connectivity index (χ4n) is 2.54. The van der Waals surface area contributed by atoms with Crippen LogP contribution in [0.15, 0.2) is 0 Å². The molecule has 6 heteroatoms. The molecule has 2 N–H and O–H groups in total. The smallest absolute Gasteiger partial charge is 0.317 e. The molecule has 0 aliphatic carbocycles. The van der Waals surface area contributed by atoms with Crippen LogP contribution in [0.4, 0.5) is 0 Å². The predicted octanol–water partition coefficient (Wildman–Crippen LogP) is 0.426. The summed E-state index contributed by atoms with van der Waals surface area (Å²) >= 11 is 0. The van der Waals surface area contributed by atoms with E-state index in [0.717, 1.165) is 39.2 Å². The normalized spacial score (nSPS) is 20.1. The van der Waals surface area contributed by atoms with Crippen molar-refractivity contribution < 1.29 is 19.4 Å². The van der Waals surface area contributed by atoms with Gasteiger partial charge in [0.1, 0.15) is 0 Å². The van der Waals surface area contributed by atoms with E-state index in [9.17, 15) is 4.79 Å². The number of rotatable bonds is 11. The Morgan fingerprint density at radius 1 is 1.40 bits per heavy atom. The van der Waals surface area contributed by atoms with Crippen molar-refractivity contribution in [3.05, 3.63) is 0 Å². The van der Waals surface area contributed by atoms with Crippen LogP contribution in [-0.4, -0.2) is 75.6 Å². The Labute approximate surface area is 121 Å². The molecular formula is C14H28N2O4. The summed E-state index contributed by atoms with van der Waals surface area (Å²) in [5, 5.41) is 11.6. The summed E-state index contributed by atoms with van der Waals surface area (Å²) in [4.78, 5) is 12.9. The van der Waals surface area contributed by atoms with Gasteiger partial charge in [0.25, 0.3) is 0 Å². The summed E-state index contributed by atoms with van der Waals surface area (Å²) < 4.78 is 10.4. The first-order valence-electron chi connectivity index (χ1n) is 7.44. The van der Waals surface area contributed by atoms with E-state index in [2.05, 4.69) is 10.2 Å². The van der Waals surface area contributed by atoms with Gasteiger partial charge in [-0.2, -0.15) is 0 Å². The topological polar surface area (TPSA) is 71.0 Å². The van der Waals surface area contributed by atoms with E-state index in [1.807, 2.05) is 0 Å². The average molecular weight is 288 g/mol. The zero-order chi connectivity index (χ0) is 14.6. The first-order chi connectivity index (χ1) is 9.72. The van der Waals surface area contributed by atoms with E-state index in [4.69, 9.17) is 14.6 Å². The third-order valence-electron chi connectivity index (χ3n) is 3.51. The van der Waals surface area contributed by atoms with Crippen molar-refractivity contribution in [3.63, 3.8) is 0 Å². The van der Waals surface area contributed by atoms with E-state index in [1.54, 1.807) is 7.11 Å². The van der Waals surface area contributed by atoms with Gasteiger partial charge >= 0.3 is 5.97 Å². The fourth-order valence-corrected chi connectivity index (χ4v) is 2.54. The Balaban J connectivity index is 2.03. The molecule has 0 aromatic carbocycles. The molecule has 1 unspecified atom stereocenters. The van der Waals surface area contributed by atoms with Crippen molar-refractivity contribution in [3.8, 4) is 0 Å². The number of hydrogen-bond donors (Lipinski definition) is 2. The van der Waals surface area contributed by atoms with Gasteiger partial charge < -0.3 is 24.8 Å². The van der Waals surface area contributed by atoms with Crippen LogP contribution >= 0.6 is 0 Å². The maximum atomic E-state index is 10.5. The summed E-state index contributed by atoms with van der Waals surface area (Å²) in [5.74, 6) is -0.219. The summed E-state index contributed by atoms with van der Waals surface area (Å²) in [6, 6.07) is 0. The minimum absolute atomic E-state index is 0.0594. The molecular weight excluding hydrogens is 260 g/mol. The van der Waals surface area contributed by atoms with Crippen molar-refractivity contribution in [2.75, 3.05) is 59.7 Å².